The molecule has 1 saturated heterocycles. The van der Waals surface area contributed by atoms with Gasteiger partial charge in [0.05, 0.1) is 0 Å². The summed E-state index contributed by atoms with van der Waals surface area (Å²) in [5.41, 5.74) is 1.34. The average molecular weight is 397 g/mol. The largest absolute Gasteiger partial charge is 0.324 e. The number of amides is 1. The van der Waals surface area contributed by atoms with Gasteiger partial charge in [-0.05, 0) is 55.7 Å². The molecule has 3 rings (SSSR count). The Hall–Kier alpha value is -1.96. The first-order valence-corrected chi connectivity index (χ1v) is 9.96. The van der Waals surface area contributed by atoms with Crippen LogP contribution in [0.5, 0.6) is 0 Å². The smallest absolute Gasteiger partial charge is 0.246 e. The van der Waals surface area contributed by atoms with Gasteiger partial charge in [-0.1, -0.05) is 23.7 Å². The zero-order chi connectivity index (χ0) is 18.9. The highest BCUT2D eigenvalue weighted by Gasteiger charge is 2.40. The summed E-state index contributed by atoms with van der Waals surface area (Å²) in [5, 5.41) is 3.30. The van der Waals surface area contributed by atoms with E-state index in [2.05, 4.69) is 5.32 Å². The van der Waals surface area contributed by atoms with Crippen molar-refractivity contribution < 1.29 is 17.6 Å². The fourth-order valence-electron chi connectivity index (χ4n) is 3.05. The number of sulfonamides is 1. The van der Waals surface area contributed by atoms with E-state index in [-0.39, 0.29) is 6.54 Å². The second-order valence-electron chi connectivity index (χ2n) is 6.15. The molecule has 0 unspecified atom stereocenters. The maximum absolute atomic E-state index is 14.0. The third-order valence-electron chi connectivity index (χ3n) is 4.38. The molecule has 1 heterocycles. The van der Waals surface area contributed by atoms with Gasteiger partial charge in [0.2, 0.25) is 15.9 Å². The van der Waals surface area contributed by atoms with E-state index in [1.54, 1.807) is 25.1 Å². The van der Waals surface area contributed by atoms with Crippen LogP contribution in [-0.2, 0) is 14.8 Å². The SMILES string of the molecule is Cc1cc(Cl)ccc1NC(=O)[C@H]1CCCN1S(=O)(=O)c1ccccc1F. The molecule has 5 nitrogen and oxygen atoms in total. The number of carbonyl (C=O) groups is 1. The van der Waals surface area contributed by atoms with Crippen LogP contribution in [0.15, 0.2) is 47.4 Å². The molecule has 0 aromatic heterocycles. The Morgan fingerprint density at radius 2 is 2.00 bits per heavy atom. The summed E-state index contributed by atoms with van der Waals surface area (Å²) in [7, 11) is -4.10. The third kappa shape index (κ3) is 3.60. The lowest BCUT2D eigenvalue weighted by Gasteiger charge is -2.24. The summed E-state index contributed by atoms with van der Waals surface area (Å²) in [6, 6.07) is 9.32. The second-order valence-corrected chi connectivity index (χ2v) is 8.45. The molecule has 1 atom stereocenters. The summed E-state index contributed by atoms with van der Waals surface area (Å²) in [5.74, 6) is -1.26. The Balaban J connectivity index is 1.86. The van der Waals surface area contributed by atoms with E-state index in [9.17, 15) is 17.6 Å². The van der Waals surface area contributed by atoms with Crippen LogP contribution in [0.2, 0.25) is 5.02 Å². The first-order chi connectivity index (χ1) is 12.3. The van der Waals surface area contributed by atoms with E-state index in [1.807, 2.05) is 0 Å². The molecule has 0 radical (unpaired) electrons. The maximum Gasteiger partial charge on any atom is 0.246 e. The molecule has 1 fully saturated rings. The summed E-state index contributed by atoms with van der Waals surface area (Å²) in [4.78, 5) is 12.3. The standard InChI is InChI=1S/C18H18ClFN2O3S/c1-12-11-13(19)8-9-15(12)21-18(23)16-6-4-10-22(16)26(24,25)17-7-3-2-5-14(17)20/h2-3,5,7-9,11,16H,4,6,10H2,1H3,(H,21,23)/t16-/m1/s1. The zero-order valence-corrected chi connectivity index (χ0v) is 15.6. The number of benzene rings is 2. The van der Waals surface area contributed by atoms with Crippen LogP contribution in [0.1, 0.15) is 18.4 Å². The molecule has 0 spiro atoms. The van der Waals surface area contributed by atoms with Crippen molar-refractivity contribution >= 4 is 33.2 Å². The molecular formula is C18H18ClFN2O3S. The Morgan fingerprint density at radius 3 is 2.69 bits per heavy atom. The number of carbonyl (C=O) groups excluding carboxylic acids is 1. The van der Waals surface area contributed by atoms with E-state index in [0.29, 0.717) is 23.6 Å². The van der Waals surface area contributed by atoms with Crippen LogP contribution in [-0.4, -0.2) is 31.2 Å². The summed E-state index contributed by atoms with van der Waals surface area (Å²) >= 11 is 5.91. The van der Waals surface area contributed by atoms with Crippen molar-refractivity contribution in [2.24, 2.45) is 0 Å². The van der Waals surface area contributed by atoms with Crippen molar-refractivity contribution in [2.75, 3.05) is 11.9 Å². The molecular weight excluding hydrogens is 379 g/mol. The number of rotatable bonds is 4. The molecule has 2 aromatic rings. The molecule has 1 aliphatic heterocycles. The molecule has 0 saturated carbocycles. The number of hydrogen-bond donors (Lipinski definition) is 1. The lowest BCUT2D eigenvalue weighted by molar-refractivity contribution is -0.119. The van der Waals surface area contributed by atoms with Crippen LogP contribution in [0.25, 0.3) is 0 Å². The number of halogens is 2. The van der Waals surface area contributed by atoms with Gasteiger partial charge in [0.1, 0.15) is 16.8 Å². The van der Waals surface area contributed by atoms with Crippen molar-refractivity contribution in [3.8, 4) is 0 Å². The van der Waals surface area contributed by atoms with Gasteiger partial charge in [-0.3, -0.25) is 4.79 Å². The topological polar surface area (TPSA) is 66.5 Å². The molecule has 8 heteroatoms. The normalized spacial score (nSPS) is 18.0. The van der Waals surface area contributed by atoms with E-state index in [1.165, 1.54) is 18.2 Å². The Morgan fingerprint density at radius 1 is 1.27 bits per heavy atom. The summed E-state index contributed by atoms with van der Waals surface area (Å²) in [6.45, 7) is 1.97. The van der Waals surface area contributed by atoms with E-state index >= 15 is 0 Å². The molecule has 1 amide bonds. The van der Waals surface area contributed by atoms with Crippen LogP contribution in [0.3, 0.4) is 0 Å². The van der Waals surface area contributed by atoms with Crippen LogP contribution >= 0.6 is 11.6 Å². The molecule has 1 aliphatic rings. The van der Waals surface area contributed by atoms with Gasteiger partial charge in [-0.2, -0.15) is 4.31 Å². The molecule has 2 aromatic carbocycles. The van der Waals surface area contributed by atoms with Gasteiger partial charge < -0.3 is 5.32 Å². The van der Waals surface area contributed by atoms with Crippen molar-refractivity contribution in [2.45, 2.75) is 30.7 Å². The molecule has 1 N–H and O–H groups in total. The summed E-state index contributed by atoms with van der Waals surface area (Å²) in [6.07, 6.45) is 0.914. The van der Waals surface area contributed by atoms with E-state index in [4.69, 9.17) is 11.6 Å². The van der Waals surface area contributed by atoms with Gasteiger partial charge in [0, 0.05) is 17.3 Å². The highest BCUT2D eigenvalue weighted by molar-refractivity contribution is 7.89. The second kappa shape index (κ2) is 7.34. The number of aryl methyl sites for hydroxylation is 1. The quantitative estimate of drug-likeness (QED) is 0.858. The third-order valence-corrected chi connectivity index (χ3v) is 6.55. The predicted molar refractivity (Wildman–Crippen MR) is 98.1 cm³/mol. The van der Waals surface area contributed by atoms with Crippen molar-refractivity contribution in [1.29, 1.82) is 0 Å². The maximum atomic E-state index is 14.0. The number of hydrogen-bond acceptors (Lipinski definition) is 3. The zero-order valence-electron chi connectivity index (χ0n) is 14.1. The average Bonchev–Trinajstić information content (AvgIpc) is 3.08. The first-order valence-electron chi connectivity index (χ1n) is 8.14. The fraction of sp³-hybridized carbons (Fsp3) is 0.278. The Labute approximate surface area is 156 Å². The van der Waals surface area contributed by atoms with Gasteiger partial charge in [-0.25, -0.2) is 12.8 Å². The monoisotopic (exact) mass is 396 g/mol. The van der Waals surface area contributed by atoms with Crippen molar-refractivity contribution in [1.82, 2.24) is 4.31 Å². The van der Waals surface area contributed by atoms with Gasteiger partial charge in [0.25, 0.3) is 0 Å². The Kier molecular flexibility index (Phi) is 5.32. The fourth-order valence-corrected chi connectivity index (χ4v) is 5.00. The van der Waals surface area contributed by atoms with E-state index < -0.39 is 32.7 Å². The predicted octanol–water partition coefficient (Wildman–Crippen LogP) is 3.58. The van der Waals surface area contributed by atoms with Crippen molar-refractivity contribution in [3.63, 3.8) is 0 Å². The number of nitrogens with zero attached hydrogens (tertiary/aromatic N) is 1. The molecule has 26 heavy (non-hydrogen) atoms. The molecule has 0 aliphatic carbocycles. The minimum atomic E-state index is -4.10. The van der Waals surface area contributed by atoms with Crippen LogP contribution < -0.4 is 5.32 Å². The van der Waals surface area contributed by atoms with Gasteiger partial charge >= 0.3 is 0 Å². The van der Waals surface area contributed by atoms with Gasteiger partial charge in [0.15, 0.2) is 0 Å². The van der Waals surface area contributed by atoms with E-state index in [0.717, 1.165) is 15.9 Å². The molecule has 0 bridgehead atoms. The lowest BCUT2D eigenvalue weighted by Crippen LogP contribution is -2.43. The van der Waals surface area contributed by atoms with Crippen LogP contribution in [0, 0.1) is 12.7 Å². The number of anilines is 1. The van der Waals surface area contributed by atoms with Gasteiger partial charge in [-0.15, -0.1) is 0 Å². The van der Waals surface area contributed by atoms with Crippen LogP contribution in [0.4, 0.5) is 10.1 Å². The lowest BCUT2D eigenvalue weighted by atomic mass is 10.1. The minimum absolute atomic E-state index is 0.175. The molecule has 138 valence electrons. The minimum Gasteiger partial charge on any atom is -0.324 e. The number of nitrogens with one attached hydrogen (secondary N) is 1. The highest BCUT2D eigenvalue weighted by Crippen LogP contribution is 2.29. The summed E-state index contributed by atoms with van der Waals surface area (Å²) < 4.78 is 40.7. The van der Waals surface area contributed by atoms with Crippen molar-refractivity contribution in [3.05, 3.63) is 58.9 Å². The first kappa shape index (κ1) is 18.8. The highest BCUT2D eigenvalue weighted by atomic mass is 35.5. The Bertz CT molecular complexity index is 949.